The zero-order valence-electron chi connectivity index (χ0n) is 7.74. The number of rotatable bonds is 1. The van der Waals surface area contributed by atoms with E-state index in [0.717, 1.165) is 5.69 Å². The summed E-state index contributed by atoms with van der Waals surface area (Å²) in [4.78, 5) is 5.64. The molecular weight excluding hydrogens is 178 g/mol. The van der Waals surface area contributed by atoms with Gasteiger partial charge in [-0.15, -0.1) is 11.3 Å². The van der Waals surface area contributed by atoms with Crippen molar-refractivity contribution in [3.63, 3.8) is 0 Å². The van der Waals surface area contributed by atoms with Crippen molar-refractivity contribution in [3.05, 3.63) is 40.9 Å². The number of aromatic nitrogens is 1. The monoisotopic (exact) mass is 189 g/mol. The van der Waals surface area contributed by atoms with Crippen LogP contribution in [-0.2, 0) is 0 Å². The topological polar surface area (TPSA) is 12.9 Å². The van der Waals surface area contributed by atoms with Crippen molar-refractivity contribution >= 4 is 11.3 Å². The van der Waals surface area contributed by atoms with Crippen LogP contribution in [0, 0.1) is 13.8 Å². The Morgan fingerprint density at radius 1 is 1.23 bits per heavy atom. The van der Waals surface area contributed by atoms with Crippen LogP contribution in [0.1, 0.15) is 11.1 Å². The van der Waals surface area contributed by atoms with E-state index in [9.17, 15) is 0 Å². The van der Waals surface area contributed by atoms with E-state index < -0.39 is 0 Å². The molecule has 0 fully saturated rings. The fourth-order valence-electron chi connectivity index (χ4n) is 1.29. The third kappa shape index (κ3) is 1.49. The molecule has 2 heteroatoms. The Hall–Kier alpha value is -1.15. The average Bonchev–Trinajstić information content (AvgIpc) is 2.62. The first kappa shape index (κ1) is 8.45. The molecule has 0 unspecified atom stereocenters. The fraction of sp³-hybridized carbons (Fsp3) is 0.182. The Morgan fingerprint density at radius 2 is 2.08 bits per heavy atom. The minimum absolute atomic E-state index is 1.12. The zero-order chi connectivity index (χ0) is 9.26. The van der Waals surface area contributed by atoms with Gasteiger partial charge in [0.1, 0.15) is 0 Å². The van der Waals surface area contributed by atoms with E-state index in [1.54, 1.807) is 11.3 Å². The van der Waals surface area contributed by atoms with E-state index in [1.807, 2.05) is 12.3 Å². The number of pyridine rings is 1. The van der Waals surface area contributed by atoms with Gasteiger partial charge in [-0.3, -0.25) is 4.98 Å². The molecule has 0 amide bonds. The molecule has 2 rings (SSSR count). The number of hydrogen-bond donors (Lipinski definition) is 0. The zero-order valence-corrected chi connectivity index (χ0v) is 8.56. The number of nitrogens with zero attached hydrogens (tertiary/aromatic N) is 1. The maximum Gasteiger partial charge on any atom is 0.0833 e. The average molecular weight is 189 g/mol. The number of aryl methyl sites for hydroxylation is 1. The summed E-state index contributed by atoms with van der Waals surface area (Å²) < 4.78 is 0. The Labute approximate surface area is 82.1 Å². The largest absolute Gasteiger partial charge is 0.255 e. The second-order valence-corrected chi connectivity index (χ2v) is 4.03. The molecule has 2 aromatic rings. The third-order valence-corrected chi connectivity index (χ3v) is 3.11. The lowest BCUT2D eigenvalue weighted by atomic mass is 10.1. The van der Waals surface area contributed by atoms with Gasteiger partial charge in [-0.05, 0) is 42.5 Å². The summed E-state index contributed by atoms with van der Waals surface area (Å²) in [6.07, 6.45) is 1.87. The first-order chi connectivity index (χ1) is 6.29. The van der Waals surface area contributed by atoms with Crippen LogP contribution in [-0.4, -0.2) is 4.98 Å². The maximum atomic E-state index is 4.39. The molecule has 0 saturated heterocycles. The van der Waals surface area contributed by atoms with Crippen LogP contribution in [0.2, 0.25) is 0 Å². The second-order valence-electron chi connectivity index (χ2n) is 3.08. The van der Waals surface area contributed by atoms with Gasteiger partial charge >= 0.3 is 0 Å². The standard InChI is InChI=1S/C11H11NS/c1-8-5-6-12-11(9(8)2)10-4-3-7-13-10/h3-7H,1-2H3. The summed E-state index contributed by atoms with van der Waals surface area (Å²) in [6, 6.07) is 6.22. The van der Waals surface area contributed by atoms with Crippen LogP contribution in [0.25, 0.3) is 10.6 Å². The molecule has 13 heavy (non-hydrogen) atoms. The molecule has 66 valence electrons. The van der Waals surface area contributed by atoms with E-state index in [4.69, 9.17) is 0 Å². The summed E-state index contributed by atoms with van der Waals surface area (Å²) in [5.41, 5.74) is 3.71. The number of hydrogen-bond acceptors (Lipinski definition) is 2. The highest BCUT2D eigenvalue weighted by Crippen LogP contribution is 2.26. The van der Waals surface area contributed by atoms with Crippen LogP contribution in [0.3, 0.4) is 0 Å². The van der Waals surface area contributed by atoms with Crippen molar-refractivity contribution in [3.8, 4) is 10.6 Å². The predicted octanol–water partition coefficient (Wildman–Crippen LogP) is 3.43. The van der Waals surface area contributed by atoms with Crippen molar-refractivity contribution in [2.75, 3.05) is 0 Å². The Morgan fingerprint density at radius 3 is 2.77 bits per heavy atom. The molecule has 2 aromatic heterocycles. The maximum absolute atomic E-state index is 4.39. The van der Waals surface area contributed by atoms with Gasteiger partial charge in [0.2, 0.25) is 0 Å². The van der Waals surface area contributed by atoms with E-state index in [2.05, 4.69) is 36.3 Å². The van der Waals surface area contributed by atoms with Crippen LogP contribution >= 0.6 is 11.3 Å². The molecule has 0 atom stereocenters. The summed E-state index contributed by atoms with van der Waals surface area (Å²) >= 11 is 1.74. The Bertz CT molecular complexity index is 404. The molecule has 0 spiro atoms. The van der Waals surface area contributed by atoms with Gasteiger partial charge in [-0.2, -0.15) is 0 Å². The summed E-state index contributed by atoms with van der Waals surface area (Å²) in [6.45, 7) is 4.24. The van der Waals surface area contributed by atoms with Crippen molar-refractivity contribution in [1.29, 1.82) is 0 Å². The van der Waals surface area contributed by atoms with Crippen molar-refractivity contribution in [1.82, 2.24) is 4.98 Å². The minimum atomic E-state index is 1.12. The first-order valence-electron chi connectivity index (χ1n) is 4.25. The molecule has 0 aliphatic carbocycles. The molecule has 0 aliphatic heterocycles. The molecule has 0 radical (unpaired) electrons. The van der Waals surface area contributed by atoms with Gasteiger partial charge in [0.05, 0.1) is 10.6 Å². The molecule has 0 aromatic carbocycles. The predicted molar refractivity (Wildman–Crippen MR) is 57.0 cm³/mol. The van der Waals surface area contributed by atoms with E-state index in [-0.39, 0.29) is 0 Å². The quantitative estimate of drug-likeness (QED) is 0.669. The van der Waals surface area contributed by atoms with Gasteiger partial charge in [0.15, 0.2) is 0 Å². The minimum Gasteiger partial charge on any atom is -0.255 e. The SMILES string of the molecule is Cc1ccnc(-c2cccs2)c1C. The fourth-order valence-corrected chi connectivity index (χ4v) is 2.07. The van der Waals surface area contributed by atoms with Crippen LogP contribution in [0.15, 0.2) is 29.8 Å². The van der Waals surface area contributed by atoms with Gasteiger partial charge < -0.3 is 0 Å². The highest BCUT2D eigenvalue weighted by atomic mass is 32.1. The molecule has 0 aliphatic rings. The van der Waals surface area contributed by atoms with E-state index >= 15 is 0 Å². The Kier molecular flexibility index (Phi) is 2.15. The molecule has 1 nitrogen and oxygen atoms in total. The van der Waals surface area contributed by atoms with Crippen LogP contribution in [0.5, 0.6) is 0 Å². The molecule has 2 heterocycles. The van der Waals surface area contributed by atoms with Crippen molar-refractivity contribution in [2.45, 2.75) is 13.8 Å². The Balaban J connectivity index is 2.59. The van der Waals surface area contributed by atoms with E-state index in [1.165, 1.54) is 16.0 Å². The number of thiophene rings is 1. The highest BCUT2D eigenvalue weighted by molar-refractivity contribution is 7.13. The second kappa shape index (κ2) is 3.30. The third-order valence-electron chi connectivity index (χ3n) is 2.23. The first-order valence-corrected chi connectivity index (χ1v) is 5.13. The van der Waals surface area contributed by atoms with E-state index in [0.29, 0.717) is 0 Å². The molecular formula is C11H11NS. The van der Waals surface area contributed by atoms with Crippen LogP contribution in [0.4, 0.5) is 0 Å². The molecule has 0 N–H and O–H groups in total. The van der Waals surface area contributed by atoms with Gasteiger partial charge in [-0.1, -0.05) is 6.07 Å². The summed E-state index contributed by atoms with van der Waals surface area (Å²) in [5, 5.41) is 2.08. The smallest absolute Gasteiger partial charge is 0.0833 e. The van der Waals surface area contributed by atoms with Gasteiger partial charge in [0.25, 0.3) is 0 Å². The summed E-state index contributed by atoms with van der Waals surface area (Å²) in [7, 11) is 0. The lowest BCUT2D eigenvalue weighted by Gasteiger charge is -2.04. The van der Waals surface area contributed by atoms with Gasteiger partial charge in [0, 0.05) is 6.20 Å². The normalized spacial score (nSPS) is 10.3. The summed E-state index contributed by atoms with van der Waals surface area (Å²) in [5.74, 6) is 0. The molecule has 0 saturated carbocycles. The van der Waals surface area contributed by atoms with Crippen LogP contribution < -0.4 is 0 Å². The van der Waals surface area contributed by atoms with Gasteiger partial charge in [-0.25, -0.2) is 0 Å². The van der Waals surface area contributed by atoms with Crippen molar-refractivity contribution in [2.24, 2.45) is 0 Å². The lowest BCUT2D eigenvalue weighted by molar-refractivity contribution is 1.23. The highest BCUT2D eigenvalue weighted by Gasteiger charge is 2.04. The lowest BCUT2D eigenvalue weighted by Crippen LogP contribution is -1.88. The molecule has 0 bridgehead atoms. The van der Waals surface area contributed by atoms with Crippen molar-refractivity contribution < 1.29 is 0 Å².